The molecule has 6 heteroatoms. The number of benzene rings is 8. The second kappa shape index (κ2) is 11.2. The average Bonchev–Trinajstić information content (AvgIpc) is 3.99. The zero-order chi connectivity index (χ0) is 37.1. The summed E-state index contributed by atoms with van der Waals surface area (Å²) in [5.74, 6) is 0. The first-order valence-corrected chi connectivity index (χ1v) is 18.5. The van der Waals surface area contributed by atoms with Gasteiger partial charge < -0.3 is 18.1 Å². The molecule has 4 aromatic heterocycles. The lowest BCUT2D eigenvalue weighted by molar-refractivity contribution is 0.669. The summed E-state index contributed by atoms with van der Waals surface area (Å²) in [6.07, 6.45) is 0. The van der Waals surface area contributed by atoms with Gasteiger partial charge in [-0.3, -0.25) is 0 Å². The predicted octanol–water partition coefficient (Wildman–Crippen LogP) is 14.0. The molecule has 8 aromatic carbocycles. The first-order valence-electron chi connectivity index (χ1n) is 18.5. The van der Waals surface area contributed by atoms with Crippen molar-refractivity contribution in [3.05, 3.63) is 187 Å². The topological polar surface area (TPSA) is 36.6 Å². The Labute approximate surface area is 319 Å². The zero-order valence-electron chi connectivity index (χ0n) is 29.7. The van der Waals surface area contributed by atoms with Gasteiger partial charge in [-0.05, 0) is 102 Å². The Balaban J connectivity index is 1.13. The van der Waals surface area contributed by atoms with Crippen molar-refractivity contribution in [2.45, 2.75) is 0 Å². The minimum Gasteiger partial charge on any atom is -0.456 e. The summed E-state index contributed by atoms with van der Waals surface area (Å²) in [6.45, 7) is 15.4. The van der Waals surface area contributed by atoms with Crippen LogP contribution in [0.15, 0.2) is 168 Å². The van der Waals surface area contributed by atoms with Crippen molar-refractivity contribution in [1.29, 1.82) is 0 Å². The van der Waals surface area contributed by atoms with Crippen LogP contribution in [0.4, 0.5) is 11.4 Å². The van der Waals surface area contributed by atoms with Gasteiger partial charge in [0.15, 0.2) is 11.4 Å². The van der Waals surface area contributed by atoms with Crippen LogP contribution in [0.3, 0.4) is 0 Å². The highest BCUT2D eigenvalue weighted by atomic mass is 16.3. The van der Waals surface area contributed by atoms with Crippen molar-refractivity contribution in [2.75, 3.05) is 0 Å². The van der Waals surface area contributed by atoms with Gasteiger partial charge in [0, 0.05) is 49.4 Å². The number of fused-ring (bicyclic) bond motifs is 13. The minimum atomic E-state index is 0.628. The summed E-state index contributed by atoms with van der Waals surface area (Å²) in [5.41, 5.74) is 12.6. The number of furan rings is 1. The quantitative estimate of drug-likeness (QED) is 0.168. The highest BCUT2D eigenvalue weighted by Gasteiger charge is 2.22. The third kappa shape index (κ3) is 4.07. The van der Waals surface area contributed by atoms with E-state index in [1.165, 1.54) is 0 Å². The monoisotopic (exact) mass is 713 g/mol. The molecule has 258 valence electrons. The molecule has 0 bridgehead atoms. The van der Waals surface area contributed by atoms with Gasteiger partial charge in [0.05, 0.1) is 46.2 Å². The van der Waals surface area contributed by atoms with Gasteiger partial charge in [-0.15, -0.1) is 0 Å². The molecule has 0 fully saturated rings. The van der Waals surface area contributed by atoms with Crippen LogP contribution in [0.2, 0.25) is 0 Å². The van der Waals surface area contributed by atoms with E-state index in [1.54, 1.807) is 0 Å². The molecule has 0 aliphatic heterocycles. The molecule has 12 aromatic rings. The fourth-order valence-corrected chi connectivity index (χ4v) is 9.08. The van der Waals surface area contributed by atoms with E-state index in [9.17, 15) is 0 Å². The minimum absolute atomic E-state index is 0.628. The van der Waals surface area contributed by atoms with Crippen LogP contribution in [-0.2, 0) is 0 Å². The normalized spacial score (nSPS) is 11.9. The molecular formula is C50H27N5O. The van der Waals surface area contributed by atoms with Gasteiger partial charge in [-0.2, -0.15) is 0 Å². The fraction of sp³-hybridized carbons (Fsp3) is 0. The Morgan fingerprint density at radius 2 is 0.875 bits per heavy atom. The van der Waals surface area contributed by atoms with Gasteiger partial charge in [0.2, 0.25) is 0 Å². The van der Waals surface area contributed by atoms with Crippen molar-refractivity contribution in [3.63, 3.8) is 0 Å². The van der Waals surface area contributed by atoms with Gasteiger partial charge in [0.25, 0.3) is 0 Å². The molecule has 0 saturated carbocycles. The smallest absolute Gasteiger partial charge is 0.188 e. The molecule has 0 spiro atoms. The maximum Gasteiger partial charge on any atom is 0.188 e. The average molecular weight is 714 g/mol. The van der Waals surface area contributed by atoms with Crippen LogP contribution in [0, 0.1) is 13.1 Å². The Bertz CT molecular complexity index is 3730. The van der Waals surface area contributed by atoms with Crippen LogP contribution in [0.25, 0.3) is 114 Å². The molecule has 0 N–H and O–H groups in total. The number of para-hydroxylation sites is 3. The maximum absolute atomic E-state index is 7.76. The lowest BCUT2D eigenvalue weighted by Crippen LogP contribution is -1.95. The third-order valence-electron chi connectivity index (χ3n) is 11.4. The Morgan fingerprint density at radius 3 is 1.54 bits per heavy atom. The highest BCUT2D eigenvalue weighted by Crippen LogP contribution is 2.44. The first kappa shape index (κ1) is 30.4. The molecule has 0 atom stereocenters. The van der Waals surface area contributed by atoms with Gasteiger partial charge in [-0.25, -0.2) is 9.69 Å². The summed E-state index contributed by atoms with van der Waals surface area (Å²) >= 11 is 0. The van der Waals surface area contributed by atoms with Crippen LogP contribution in [0.5, 0.6) is 0 Å². The number of rotatable bonds is 3. The maximum atomic E-state index is 7.76. The van der Waals surface area contributed by atoms with Crippen LogP contribution in [0.1, 0.15) is 0 Å². The molecule has 0 amide bonds. The molecule has 56 heavy (non-hydrogen) atoms. The van der Waals surface area contributed by atoms with E-state index >= 15 is 0 Å². The van der Waals surface area contributed by atoms with Crippen molar-refractivity contribution < 1.29 is 4.42 Å². The van der Waals surface area contributed by atoms with E-state index in [2.05, 4.69) is 157 Å². The van der Waals surface area contributed by atoms with Crippen molar-refractivity contribution >= 4 is 98.7 Å². The van der Waals surface area contributed by atoms with Gasteiger partial charge in [-0.1, -0.05) is 72.8 Å². The van der Waals surface area contributed by atoms with E-state index in [0.29, 0.717) is 11.4 Å². The molecule has 6 nitrogen and oxygen atoms in total. The molecule has 4 heterocycles. The molecule has 0 radical (unpaired) electrons. The Morgan fingerprint density at radius 1 is 0.357 bits per heavy atom. The van der Waals surface area contributed by atoms with E-state index in [-0.39, 0.29) is 0 Å². The Hall–Kier alpha value is -8.06. The highest BCUT2D eigenvalue weighted by molar-refractivity contribution is 6.26. The predicted molar refractivity (Wildman–Crippen MR) is 229 cm³/mol. The van der Waals surface area contributed by atoms with E-state index in [0.717, 1.165) is 104 Å². The first-order chi connectivity index (χ1) is 27.7. The number of hydrogen-bond acceptors (Lipinski definition) is 1. The lowest BCUT2D eigenvalue weighted by Gasteiger charge is -2.10. The standard InChI is InChI=1S/C50H27N5O/c1-51-30-16-21-44-38(26-30)35-12-6-8-14-42(35)53(44)33-18-24-47-40(28-33)41-29-34(19-25-48(41)56-47)54-43-15-9-7-13-37(43)49-46(54)23-20-36-39-27-31(52-2)17-22-45(39)55(50(36)49)32-10-4-3-5-11-32/h3-29H. The second-order valence-corrected chi connectivity index (χ2v) is 14.3. The molecule has 12 rings (SSSR count). The molecular weight excluding hydrogens is 687 g/mol. The van der Waals surface area contributed by atoms with E-state index in [1.807, 2.05) is 30.3 Å². The van der Waals surface area contributed by atoms with Crippen LogP contribution < -0.4 is 0 Å². The molecule has 0 aliphatic rings. The Kier molecular flexibility index (Phi) is 6.10. The number of nitrogens with zero attached hydrogens (tertiary/aromatic N) is 5. The largest absolute Gasteiger partial charge is 0.456 e. The molecule has 0 saturated heterocycles. The number of hydrogen-bond donors (Lipinski definition) is 0. The summed E-state index contributed by atoms with van der Waals surface area (Å²) in [7, 11) is 0. The summed E-state index contributed by atoms with van der Waals surface area (Å²) in [4.78, 5) is 7.49. The van der Waals surface area contributed by atoms with Gasteiger partial charge >= 0.3 is 0 Å². The van der Waals surface area contributed by atoms with Crippen molar-refractivity contribution in [1.82, 2.24) is 13.7 Å². The van der Waals surface area contributed by atoms with Crippen LogP contribution >= 0.6 is 0 Å². The SMILES string of the molecule is [C-]#[N+]c1ccc2c(c1)c1ccccc1n2-c1ccc2oc3ccc(-n4c5ccccc5c5c4ccc4c6cc([N+]#[C-])ccc6n(-c6ccccc6)c45)cc3c2c1. The van der Waals surface area contributed by atoms with E-state index in [4.69, 9.17) is 17.6 Å². The molecule has 0 aliphatic carbocycles. The summed E-state index contributed by atoms with van der Waals surface area (Å²) < 4.78 is 13.5. The fourth-order valence-electron chi connectivity index (χ4n) is 9.08. The van der Waals surface area contributed by atoms with Crippen LogP contribution in [-0.4, -0.2) is 13.7 Å². The van der Waals surface area contributed by atoms with Crippen molar-refractivity contribution in [2.24, 2.45) is 0 Å². The zero-order valence-corrected chi connectivity index (χ0v) is 29.7. The van der Waals surface area contributed by atoms with E-state index < -0.39 is 0 Å². The van der Waals surface area contributed by atoms with Crippen molar-refractivity contribution in [3.8, 4) is 17.1 Å². The molecule has 0 unspecified atom stereocenters. The third-order valence-corrected chi connectivity index (χ3v) is 11.4. The summed E-state index contributed by atoms with van der Waals surface area (Å²) in [6, 6.07) is 56.8. The lowest BCUT2D eigenvalue weighted by atomic mass is 10.1. The number of aromatic nitrogens is 3. The van der Waals surface area contributed by atoms with Gasteiger partial charge in [0.1, 0.15) is 11.2 Å². The summed E-state index contributed by atoms with van der Waals surface area (Å²) in [5, 5.41) is 8.74. The second-order valence-electron chi connectivity index (χ2n) is 14.3.